The van der Waals surface area contributed by atoms with Crippen molar-refractivity contribution in [2.75, 3.05) is 14.2 Å². The van der Waals surface area contributed by atoms with E-state index in [1.165, 1.54) is 0 Å². The van der Waals surface area contributed by atoms with Gasteiger partial charge < -0.3 is 14.6 Å². The van der Waals surface area contributed by atoms with Gasteiger partial charge in [0.2, 0.25) is 0 Å². The fraction of sp³-hybridized carbons (Fsp3) is 0.500. The molecule has 2 rings (SSSR count). The van der Waals surface area contributed by atoms with Crippen LogP contribution in [0.15, 0.2) is 12.1 Å². The van der Waals surface area contributed by atoms with E-state index in [1.54, 1.807) is 14.2 Å². The Labute approximate surface area is 107 Å². The van der Waals surface area contributed by atoms with Gasteiger partial charge >= 0.3 is 5.97 Å². The molecule has 1 aliphatic rings. The summed E-state index contributed by atoms with van der Waals surface area (Å²) in [5.41, 5.74) is 1.82. The van der Waals surface area contributed by atoms with Gasteiger partial charge in [0, 0.05) is 5.41 Å². The lowest BCUT2D eigenvalue weighted by Crippen LogP contribution is -2.13. The number of rotatable bonds is 5. The van der Waals surface area contributed by atoms with Crippen molar-refractivity contribution in [2.45, 2.75) is 31.6 Å². The van der Waals surface area contributed by atoms with Gasteiger partial charge in [0.25, 0.3) is 0 Å². The molecule has 4 nitrogen and oxygen atoms in total. The van der Waals surface area contributed by atoms with E-state index in [9.17, 15) is 4.79 Å². The van der Waals surface area contributed by atoms with Gasteiger partial charge in [-0.2, -0.15) is 0 Å². The molecule has 0 spiro atoms. The van der Waals surface area contributed by atoms with Crippen molar-refractivity contribution >= 4 is 5.97 Å². The van der Waals surface area contributed by atoms with Crippen molar-refractivity contribution < 1.29 is 19.4 Å². The molecule has 0 aliphatic heterocycles. The van der Waals surface area contributed by atoms with E-state index < -0.39 is 5.97 Å². The molecule has 1 aliphatic carbocycles. The van der Waals surface area contributed by atoms with Crippen LogP contribution >= 0.6 is 0 Å². The molecular formula is C14H18O4. The summed E-state index contributed by atoms with van der Waals surface area (Å²) in [6.07, 6.45) is 2.03. The van der Waals surface area contributed by atoms with E-state index in [1.807, 2.05) is 19.1 Å². The van der Waals surface area contributed by atoms with Crippen LogP contribution in [0.4, 0.5) is 0 Å². The van der Waals surface area contributed by atoms with Crippen LogP contribution in [0.5, 0.6) is 11.5 Å². The lowest BCUT2D eigenvalue weighted by Gasteiger charge is -2.18. The molecule has 0 amide bonds. The number of ether oxygens (including phenoxy) is 2. The van der Waals surface area contributed by atoms with Crippen molar-refractivity contribution in [3.8, 4) is 11.5 Å². The lowest BCUT2D eigenvalue weighted by molar-refractivity contribution is -0.137. The van der Waals surface area contributed by atoms with E-state index in [0.29, 0.717) is 11.5 Å². The molecule has 1 saturated carbocycles. The van der Waals surface area contributed by atoms with E-state index in [4.69, 9.17) is 14.6 Å². The molecule has 0 heterocycles. The minimum Gasteiger partial charge on any atom is -0.493 e. The quantitative estimate of drug-likeness (QED) is 0.872. The fourth-order valence-electron chi connectivity index (χ4n) is 2.47. The summed E-state index contributed by atoms with van der Waals surface area (Å²) < 4.78 is 10.6. The van der Waals surface area contributed by atoms with Gasteiger partial charge in [0.15, 0.2) is 11.5 Å². The maximum absolute atomic E-state index is 10.9. The summed E-state index contributed by atoms with van der Waals surface area (Å²) in [6, 6.07) is 3.92. The summed E-state index contributed by atoms with van der Waals surface area (Å²) in [5, 5.41) is 8.99. The second kappa shape index (κ2) is 4.52. The third-order valence-corrected chi connectivity index (χ3v) is 3.62. The highest BCUT2D eigenvalue weighted by Gasteiger charge is 2.46. The summed E-state index contributed by atoms with van der Waals surface area (Å²) in [6.45, 7) is 1.95. The Morgan fingerprint density at radius 3 is 2.44 bits per heavy atom. The van der Waals surface area contributed by atoms with Crippen molar-refractivity contribution in [1.82, 2.24) is 0 Å². The SMILES string of the molecule is COc1cc(C2(CC(=O)O)CC2)cc(C)c1OC. The van der Waals surface area contributed by atoms with Gasteiger partial charge in [-0.1, -0.05) is 6.07 Å². The molecule has 0 unspecified atom stereocenters. The van der Waals surface area contributed by atoms with Crippen molar-refractivity contribution in [3.63, 3.8) is 0 Å². The Balaban J connectivity index is 2.41. The Hall–Kier alpha value is -1.71. The zero-order valence-corrected chi connectivity index (χ0v) is 10.9. The van der Waals surface area contributed by atoms with E-state index >= 15 is 0 Å². The maximum Gasteiger partial charge on any atom is 0.304 e. The first-order chi connectivity index (χ1) is 8.52. The summed E-state index contributed by atoms with van der Waals surface area (Å²) >= 11 is 0. The molecule has 0 aromatic heterocycles. The van der Waals surface area contributed by atoms with Crippen molar-refractivity contribution in [1.29, 1.82) is 0 Å². The van der Waals surface area contributed by atoms with Crippen LogP contribution in [-0.2, 0) is 10.2 Å². The molecule has 0 atom stereocenters. The molecule has 1 aromatic rings. The molecule has 0 radical (unpaired) electrons. The predicted molar refractivity (Wildman–Crippen MR) is 67.4 cm³/mol. The fourth-order valence-corrected chi connectivity index (χ4v) is 2.47. The van der Waals surface area contributed by atoms with Crippen LogP contribution in [0.1, 0.15) is 30.4 Å². The molecule has 0 saturated heterocycles. The number of benzene rings is 1. The number of carboxylic acid groups (broad SMARTS) is 1. The molecule has 0 bridgehead atoms. The first-order valence-corrected chi connectivity index (χ1v) is 5.97. The average Bonchev–Trinajstić information content (AvgIpc) is 3.07. The van der Waals surface area contributed by atoms with Crippen LogP contribution in [-0.4, -0.2) is 25.3 Å². The van der Waals surface area contributed by atoms with Crippen LogP contribution in [0.25, 0.3) is 0 Å². The number of aliphatic carboxylic acids is 1. The van der Waals surface area contributed by atoms with Gasteiger partial charge in [-0.3, -0.25) is 4.79 Å². The lowest BCUT2D eigenvalue weighted by atomic mass is 9.91. The Bertz CT molecular complexity index is 475. The highest BCUT2D eigenvalue weighted by Crippen LogP contribution is 2.52. The molecule has 4 heteroatoms. The van der Waals surface area contributed by atoms with Gasteiger partial charge in [0.1, 0.15) is 0 Å². The second-order valence-corrected chi connectivity index (χ2v) is 4.88. The third-order valence-electron chi connectivity index (χ3n) is 3.62. The second-order valence-electron chi connectivity index (χ2n) is 4.88. The highest BCUT2D eigenvalue weighted by atomic mass is 16.5. The maximum atomic E-state index is 10.9. The smallest absolute Gasteiger partial charge is 0.304 e. The Morgan fingerprint density at radius 1 is 1.33 bits per heavy atom. The molecule has 1 N–H and O–H groups in total. The summed E-state index contributed by atoms with van der Waals surface area (Å²) in [7, 11) is 3.20. The topological polar surface area (TPSA) is 55.8 Å². The highest BCUT2D eigenvalue weighted by molar-refractivity contribution is 5.70. The minimum absolute atomic E-state index is 0.182. The normalized spacial score (nSPS) is 16.2. The van der Waals surface area contributed by atoms with E-state index in [0.717, 1.165) is 24.0 Å². The van der Waals surface area contributed by atoms with Gasteiger partial charge in [-0.25, -0.2) is 0 Å². The number of carbonyl (C=O) groups is 1. The van der Waals surface area contributed by atoms with Crippen LogP contribution in [0.2, 0.25) is 0 Å². The van der Waals surface area contributed by atoms with Gasteiger partial charge in [0.05, 0.1) is 20.6 Å². The molecule has 98 valence electrons. The molecular weight excluding hydrogens is 232 g/mol. The summed E-state index contributed by atoms with van der Waals surface area (Å²) in [4.78, 5) is 10.9. The van der Waals surface area contributed by atoms with E-state index in [-0.39, 0.29) is 11.8 Å². The van der Waals surface area contributed by atoms with Crippen LogP contribution < -0.4 is 9.47 Å². The Morgan fingerprint density at radius 2 is 2.00 bits per heavy atom. The zero-order chi connectivity index (χ0) is 13.3. The van der Waals surface area contributed by atoms with Gasteiger partial charge in [-0.15, -0.1) is 0 Å². The first-order valence-electron chi connectivity index (χ1n) is 5.97. The largest absolute Gasteiger partial charge is 0.493 e. The number of aryl methyl sites for hydroxylation is 1. The number of hydrogen-bond donors (Lipinski definition) is 1. The number of methoxy groups -OCH3 is 2. The Kier molecular flexibility index (Phi) is 3.20. The molecule has 1 aromatic carbocycles. The zero-order valence-electron chi connectivity index (χ0n) is 10.9. The standard InChI is InChI=1S/C14H18O4/c1-9-6-10(7-11(17-2)13(9)18-3)14(4-5-14)8-12(15)16/h6-7H,4-5,8H2,1-3H3,(H,15,16). The summed E-state index contributed by atoms with van der Waals surface area (Å²) in [5.74, 6) is 0.636. The van der Waals surface area contributed by atoms with Crippen molar-refractivity contribution in [2.24, 2.45) is 0 Å². The number of carboxylic acids is 1. The molecule has 18 heavy (non-hydrogen) atoms. The van der Waals surface area contributed by atoms with E-state index in [2.05, 4.69) is 0 Å². The van der Waals surface area contributed by atoms with Crippen molar-refractivity contribution in [3.05, 3.63) is 23.3 Å². The molecule has 1 fully saturated rings. The van der Waals surface area contributed by atoms with Crippen LogP contribution in [0.3, 0.4) is 0 Å². The third kappa shape index (κ3) is 2.15. The first kappa shape index (κ1) is 12.7. The van der Waals surface area contributed by atoms with Gasteiger partial charge in [-0.05, 0) is 37.0 Å². The van der Waals surface area contributed by atoms with Crippen LogP contribution in [0, 0.1) is 6.92 Å². The minimum atomic E-state index is -0.750. The average molecular weight is 250 g/mol. The monoisotopic (exact) mass is 250 g/mol. The number of hydrogen-bond acceptors (Lipinski definition) is 3. The predicted octanol–water partition coefficient (Wildman–Crippen LogP) is 2.52.